The van der Waals surface area contributed by atoms with Crippen LogP contribution in [0.5, 0.6) is 0 Å². The second kappa shape index (κ2) is 3.11. The van der Waals surface area contributed by atoms with Gasteiger partial charge in [-0.2, -0.15) is 0 Å². The minimum Gasteiger partial charge on any atom is -0.396 e. The second-order valence-corrected chi connectivity index (χ2v) is 3.86. The van der Waals surface area contributed by atoms with Crippen LogP contribution in [0.25, 0.3) is 0 Å². The first-order valence-electron chi connectivity index (χ1n) is 3.11. The van der Waals surface area contributed by atoms with Crippen molar-refractivity contribution in [1.29, 1.82) is 0 Å². The van der Waals surface area contributed by atoms with Crippen molar-refractivity contribution in [3.8, 4) is 0 Å². The van der Waals surface area contributed by atoms with E-state index in [1.54, 1.807) is 0 Å². The number of anilines is 1. The molecule has 0 aliphatic carbocycles. The summed E-state index contributed by atoms with van der Waals surface area (Å²) in [5, 5.41) is 0. The zero-order chi connectivity index (χ0) is 8.59. The zero-order valence-electron chi connectivity index (χ0n) is 6.28. The standard InChI is InChI=1S/C7H8Br2N2/c1-3-4(2)6(8)11-7(9)5(3)10/h10H2,1-2H3. The van der Waals surface area contributed by atoms with Crippen molar-refractivity contribution >= 4 is 37.5 Å². The maximum absolute atomic E-state index is 5.72. The number of nitrogens with zero attached hydrogens (tertiary/aromatic N) is 1. The minimum absolute atomic E-state index is 0.701. The highest BCUT2D eigenvalue weighted by molar-refractivity contribution is 9.11. The maximum atomic E-state index is 5.72. The molecule has 0 amide bonds. The molecule has 0 bridgehead atoms. The number of aromatic nitrogens is 1. The summed E-state index contributed by atoms with van der Waals surface area (Å²) in [5.41, 5.74) is 8.59. The highest BCUT2D eigenvalue weighted by atomic mass is 79.9. The summed E-state index contributed by atoms with van der Waals surface area (Å²) in [6.07, 6.45) is 0. The van der Waals surface area contributed by atoms with Crippen molar-refractivity contribution in [2.75, 3.05) is 5.73 Å². The van der Waals surface area contributed by atoms with Gasteiger partial charge in [-0.25, -0.2) is 4.98 Å². The van der Waals surface area contributed by atoms with Gasteiger partial charge in [-0.3, -0.25) is 0 Å². The molecule has 0 aromatic carbocycles. The van der Waals surface area contributed by atoms with Crippen LogP contribution in [0, 0.1) is 13.8 Å². The zero-order valence-corrected chi connectivity index (χ0v) is 9.45. The Balaban J connectivity index is 3.46. The van der Waals surface area contributed by atoms with Crippen molar-refractivity contribution in [3.05, 3.63) is 20.3 Å². The van der Waals surface area contributed by atoms with E-state index in [0.29, 0.717) is 10.3 Å². The summed E-state index contributed by atoms with van der Waals surface area (Å²) in [4.78, 5) is 4.14. The van der Waals surface area contributed by atoms with Gasteiger partial charge in [0.1, 0.15) is 9.21 Å². The van der Waals surface area contributed by atoms with Crippen molar-refractivity contribution < 1.29 is 0 Å². The van der Waals surface area contributed by atoms with E-state index in [4.69, 9.17) is 5.73 Å². The highest BCUT2D eigenvalue weighted by Gasteiger charge is 2.07. The predicted molar refractivity (Wildman–Crippen MR) is 53.5 cm³/mol. The van der Waals surface area contributed by atoms with Gasteiger partial charge in [-0.15, -0.1) is 0 Å². The van der Waals surface area contributed by atoms with E-state index in [0.717, 1.165) is 15.7 Å². The lowest BCUT2D eigenvalue weighted by Crippen LogP contribution is -1.97. The Labute approximate surface area is 82.5 Å². The number of nitrogen functional groups attached to an aromatic ring is 1. The normalized spacial score (nSPS) is 10.2. The van der Waals surface area contributed by atoms with Gasteiger partial charge < -0.3 is 5.73 Å². The molecule has 0 unspecified atom stereocenters. The molecule has 60 valence electrons. The van der Waals surface area contributed by atoms with E-state index < -0.39 is 0 Å². The van der Waals surface area contributed by atoms with Crippen LogP contribution in [0.1, 0.15) is 11.1 Å². The fourth-order valence-corrected chi connectivity index (χ4v) is 1.93. The van der Waals surface area contributed by atoms with Crippen LogP contribution in [0.3, 0.4) is 0 Å². The molecule has 1 aromatic heterocycles. The number of hydrogen-bond acceptors (Lipinski definition) is 2. The summed E-state index contributed by atoms with van der Waals surface area (Å²) in [7, 11) is 0. The van der Waals surface area contributed by atoms with Crippen molar-refractivity contribution in [1.82, 2.24) is 4.98 Å². The van der Waals surface area contributed by atoms with Crippen LogP contribution >= 0.6 is 31.9 Å². The molecular weight excluding hydrogens is 272 g/mol. The van der Waals surface area contributed by atoms with Crippen molar-refractivity contribution in [3.63, 3.8) is 0 Å². The number of nitrogens with two attached hydrogens (primary N) is 1. The molecule has 2 N–H and O–H groups in total. The van der Waals surface area contributed by atoms with E-state index in [1.165, 1.54) is 0 Å². The molecule has 0 saturated heterocycles. The average Bonchev–Trinajstić information content (AvgIpc) is 1.97. The Bertz CT molecular complexity index is 271. The van der Waals surface area contributed by atoms with Crippen LogP contribution in [0.4, 0.5) is 5.69 Å². The molecule has 0 atom stereocenters. The molecule has 0 aliphatic heterocycles. The topological polar surface area (TPSA) is 38.9 Å². The first kappa shape index (κ1) is 9.00. The Morgan fingerprint density at radius 2 is 1.64 bits per heavy atom. The lowest BCUT2D eigenvalue weighted by molar-refractivity contribution is 1.15. The number of halogens is 2. The molecule has 1 aromatic rings. The summed E-state index contributed by atoms with van der Waals surface area (Å²) < 4.78 is 1.54. The van der Waals surface area contributed by atoms with Gasteiger partial charge in [0, 0.05) is 0 Å². The number of pyridine rings is 1. The quantitative estimate of drug-likeness (QED) is 0.742. The Morgan fingerprint density at radius 1 is 1.09 bits per heavy atom. The number of rotatable bonds is 0. The van der Waals surface area contributed by atoms with Crippen LogP contribution in [0.2, 0.25) is 0 Å². The Hall–Kier alpha value is -0.0900. The van der Waals surface area contributed by atoms with Crippen LogP contribution in [0.15, 0.2) is 9.21 Å². The molecular formula is C7H8Br2N2. The van der Waals surface area contributed by atoms with Gasteiger partial charge >= 0.3 is 0 Å². The van der Waals surface area contributed by atoms with Crippen LogP contribution in [-0.2, 0) is 0 Å². The lowest BCUT2D eigenvalue weighted by atomic mass is 10.1. The minimum atomic E-state index is 0.701. The molecule has 0 saturated carbocycles. The van der Waals surface area contributed by atoms with E-state index in [2.05, 4.69) is 36.8 Å². The fraction of sp³-hybridized carbons (Fsp3) is 0.286. The lowest BCUT2D eigenvalue weighted by Gasteiger charge is -2.06. The smallest absolute Gasteiger partial charge is 0.130 e. The van der Waals surface area contributed by atoms with E-state index in [9.17, 15) is 0 Å². The second-order valence-electron chi connectivity index (χ2n) is 2.36. The van der Waals surface area contributed by atoms with Gasteiger partial charge in [0.25, 0.3) is 0 Å². The van der Waals surface area contributed by atoms with Crippen LogP contribution < -0.4 is 5.73 Å². The fourth-order valence-electron chi connectivity index (χ4n) is 0.742. The van der Waals surface area contributed by atoms with E-state index in [1.807, 2.05) is 13.8 Å². The van der Waals surface area contributed by atoms with Gasteiger partial charge in [-0.1, -0.05) is 0 Å². The molecule has 2 nitrogen and oxygen atoms in total. The third-order valence-corrected chi connectivity index (χ3v) is 3.07. The Morgan fingerprint density at radius 3 is 2.18 bits per heavy atom. The summed E-state index contributed by atoms with van der Waals surface area (Å²) >= 11 is 6.60. The van der Waals surface area contributed by atoms with E-state index >= 15 is 0 Å². The SMILES string of the molecule is Cc1c(Br)nc(Br)c(N)c1C. The predicted octanol–water partition coefficient (Wildman–Crippen LogP) is 2.81. The first-order chi connectivity index (χ1) is 5.04. The van der Waals surface area contributed by atoms with Gasteiger partial charge in [0.05, 0.1) is 5.69 Å². The maximum Gasteiger partial charge on any atom is 0.130 e. The van der Waals surface area contributed by atoms with Gasteiger partial charge in [0.2, 0.25) is 0 Å². The third-order valence-electron chi connectivity index (χ3n) is 1.69. The molecule has 0 radical (unpaired) electrons. The molecule has 1 rings (SSSR count). The van der Waals surface area contributed by atoms with Crippen LogP contribution in [-0.4, -0.2) is 4.98 Å². The van der Waals surface area contributed by atoms with Gasteiger partial charge in [0.15, 0.2) is 0 Å². The molecule has 4 heteroatoms. The third kappa shape index (κ3) is 1.56. The van der Waals surface area contributed by atoms with E-state index in [-0.39, 0.29) is 0 Å². The monoisotopic (exact) mass is 278 g/mol. The molecule has 1 heterocycles. The molecule has 0 aliphatic rings. The largest absolute Gasteiger partial charge is 0.396 e. The molecule has 11 heavy (non-hydrogen) atoms. The summed E-state index contributed by atoms with van der Waals surface area (Å²) in [6.45, 7) is 3.96. The summed E-state index contributed by atoms with van der Waals surface area (Å²) in [5.74, 6) is 0. The van der Waals surface area contributed by atoms with Crippen molar-refractivity contribution in [2.45, 2.75) is 13.8 Å². The van der Waals surface area contributed by atoms with Crippen molar-refractivity contribution in [2.24, 2.45) is 0 Å². The summed E-state index contributed by atoms with van der Waals surface area (Å²) in [6, 6.07) is 0. The number of hydrogen-bond donors (Lipinski definition) is 1. The molecule has 0 fully saturated rings. The first-order valence-corrected chi connectivity index (χ1v) is 4.70. The highest BCUT2D eigenvalue weighted by Crippen LogP contribution is 2.27. The van der Waals surface area contributed by atoms with Gasteiger partial charge in [-0.05, 0) is 56.8 Å². The average molecular weight is 280 g/mol. The molecule has 0 spiro atoms. The Kier molecular flexibility index (Phi) is 2.54.